The topological polar surface area (TPSA) is 38.2 Å². The molecule has 1 heterocycles. The van der Waals surface area contributed by atoms with Gasteiger partial charge in [-0.05, 0) is 33.4 Å². The predicted molar refractivity (Wildman–Crippen MR) is 62.8 cm³/mol. The van der Waals surface area contributed by atoms with Crippen LogP contribution in [0.2, 0.25) is 5.02 Å². The van der Waals surface area contributed by atoms with Crippen molar-refractivity contribution in [2.24, 2.45) is 0 Å². The van der Waals surface area contributed by atoms with Gasteiger partial charge in [0.25, 0.3) is 0 Å². The molecule has 0 radical (unpaired) electrons. The number of aromatic nitrogens is 2. The number of rotatable bonds is 3. The molecule has 0 amide bonds. The number of ether oxygens (including phenoxy) is 1. The van der Waals surface area contributed by atoms with Gasteiger partial charge in [-0.15, -0.1) is 0 Å². The van der Waals surface area contributed by atoms with Crippen molar-refractivity contribution in [1.29, 1.82) is 0 Å². The lowest BCUT2D eigenvalue weighted by Crippen LogP contribution is -2.38. The monoisotopic (exact) mass is 241 g/mol. The average Bonchev–Trinajstić information content (AvgIpc) is 2.69. The number of halogens is 1. The SMILES string of the molecule is CN(C)C1CCCC1Oc1ncc(Cl)cn1. The summed E-state index contributed by atoms with van der Waals surface area (Å²) in [6.07, 6.45) is 6.74. The molecule has 1 aromatic rings. The minimum absolute atomic E-state index is 0.191. The molecule has 0 spiro atoms. The van der Waals surface area contributed by atoms with Gasteiger partial charge in [0.2, 0.25) is 0 Å². The van der Waals surface area contributed by atoms with Crippen molar-refractivity contribution in [2.45, 2.75) is 31.4 Å². The molecule has 2 rings (SSSR count). The fourth-order valence-electron chi connectivity index (χ4n) is 2.13. The first-order chi connectivity index (χ1) is 7.66. The molecule has 1 saturated carbocycles. The van der Waals surface area contributed by atoms with Gasteiger partial charge in [0.15, 0.2) is 0 Å². The first kappa shape index (κ1) is 11.6. The summed E-state index contributed by atoms with van der Waals surface area (Å²) >= 11 is 5.72. The Hall–Kier alpha value is -0.870. The number of nitrogens with zero attached hydrogens (tertiary/aromatic N) is 3. The normalized spacial score (nSPS) is 25.0. The van der Waals surface area contributed by atoms with E-state index in [1.807, 2.05) is 0 Å². The van der Waals surface area contributed by atoms with Gasteiger partial charge in [0, 0.05) is 6.04 Å². The lowest BCUT2D eigenvalue weighted by Gasteiger charge is -2.25. The quantitative estimate of drug-likeness (QED) is 0.811. The molecule has 1 aliphatic carbocycles. The Morgan fingerprint density at radius 3 is 2.62 bits per heavy atom. The van der Waals surface area contributed by atoms with E-state index in [0.717, 1.165) is 6.42 Å². The van der Waals surface area contributed by atoms with Gasteiger partial charge >= 0.3 is 6.01 Å². The molecule has 2 unspecified atom stereocenters. The molecule has 16 heavy (non-hydrogen) atoms. The van der Waals surface area contributed by atoms with Crippen LogP contribution in [-0.4, -0.2) is 41.1 Å². The van der Waals surface area contributed by atoms with Crippen LogP contribution < -0.4 is 4.74 Å². The van der Waals surface area contributed by atoms with Crippen LogP contribution in [0.4, 0.5) is 0 Å². The van der Waals surface area contributed by atoms with E-state index < -0.39 is 0 Å². The molecule has 0 aliphatic heterocycles. The molecule has 1 fully saturated rings. The third-order valence-corrected chi connectivity index (χ3v) is 3.13. The lowest BCUT2D eigenvalue weighted by atomic mass is 10.2. The zero-order valence-corrected chi connectivity index (χ0v) is 10.3. The highest BCUT2D eigenvalue weighted by atomic mass is 35.5. The first-order valence-electron chi connectivity index (χ1n) is 5.47. The number of hydrogen-bond acceptors (Lipinski definition) is 4. The third-order valence-electron chi connectivity index (χ3n) is 2.93. The van der Waals surface area contributed by atoms with Gasteiger partial charge < -0.3 is 9.64 Å². The van der Waals surface area contributed by atoms with Crippen molar-refractivity contribution in [2.75, 3.05) is 14.1 Å². The molecule has 88 valence electrons. The van der Waals surface area contributed by atoms with E-state index in [-0.39, 0.29) is 6.10 Å². The summed E-state index contributed by atoms with van der Waals surface area (Å²) in [5, 5.41) is 0.530. The summed E-state index contributed by atoms with van der Waals surface area (Å²) in [4.78, 5) is 10.3. The van der Waals surface area contributed by atoms with E-state index in [2.05, 4.69) is 29.0 Å². The lowest BCUT2D eigenvalue weighted by molar-refractivity contribution is 0.111. The van der Waals surface area contributed by atoms with Gasteiger partial charge in [0.05, 0.1) is 17.4 Å². The molecule has 1 aromatic heterocycles. The fourth-order valence-corrected chi connectivity index (χ4v) is 2.23. The molecule has 0 saturated heterocycles. The Labute approximate surface area is 101 Å². The zero-order chi connectivity index (χ0) is 11.5. The van der Waals surface area contributed by atoms with Crippen molar-refractivity contribution in [3.05, 3.63) is 17.4 Å². The average molecular weight is 242 g/mol. The van der Waals surface area contributed by atoms with Crippen LogP contribution in [0, 0.1) is 0 Å². The smallest absolute Gasteiger partial charge is 0.316 e. The summed E-state index contributed by atoms with van der Waals surface area (Å²) in [5.41, 5.74) is 0. The number of likely N-dealkylation sites (N-methyl/N-ethyl adjacent to an activating group) is 1. The minimum atomic E-state index is 0.191. The summed E-state index contributed by atoms with van der Waals surface area (Å²) in [5.74, 6) is 0. The van der Waals surface area contributed by atoms with Gasteiger partial charge in [-0.25, -0.2) is 9.97 Å². The highest BCUT2D eigenvalue weighted by Gasteiger charge is 2.31. The van der Waals surface area contributed by atoms with Crippen LogP contribution >= 0.6 is 11.6 Å². The summed E-state index contributed by atoms with van der Waals surface area (Å²) in [6.45, 7) is 0. The summed E-state index contributed by atoms with van der Waals surface area (Å²) in [6, 6.07) is 0.877. The molecular weight excluding hydrogens is 226 g/mol. The van der Waals surface area contributed by atoms with Crippen LogP contribution in [0.5, 0.6) is 6.01 Å². The predicted octanol–water partition coefficient (Wildman–Crippen LogP) is 1.99. The Bertz CT molecular complexity index is 342. The second-order valence-corrected chi connectivity index (χ2v) is 4.74. The Kier molecular flexibility index (Phi) is 3.61. The van der Waals surface area contributed by atoms with Crippen molar-refractivity contribution in [3.8, 4) is 6.01 Å². The van der Waals surface area contributed by atoms with Crippen molar-refractivity contribution < 1.29 is 4.74 Å². The maximum atomic E-state index is 5.78. The maximum absolute atomic E-state index is 5.78. The Morgan fingerprint density at radius 1 is 1.31 bits per heavy atom. The minimum Gasteiger partial charge on any atom is -0.458 e. The van der Waals surface area contributed by atoms with Gasteiger partial charge in [-0.2, -0.15) is 0 Å². The largest absolute Gasteiger partial charge is 0.458 e. The first-order valence-corrected chi connectivity index (χ1v) is 5.85. The third kappa shape index (κ3) is 2.62. The Balaban J connectivity index is 2.01. The summed E-state index contributed by atoms with van der Waals surface area (Å²) in [7, 11) is 4.16. The van der Waals surface area contributed by atoms with Gasteiger partial charge in [0.1, 0.15) is 6.10 Å². The highest BCUT2D eigenvalue weighted by Crippen LogP contribution is 2.25. The fraction of sp³-hybridized carbons (Fsp3) is 0.636. The van der Waals surface area contributed by atoms with Crippen molar-refractivity contribution in [3.63, 3.8) is 0 Å². The molecule has 0 N–H and O–H groups in total. The van der Waals surface area contributed by atoms with E-state index in [0.29, 0.717) is 17.1 Å². The molecule has 2 atom stereocenters. The standard InChI is InChI=1S/C11H16ClN3O/c1-15(2)9-4-3-5-10(9)16-11-13-6-8(12)7-14-11/h6-7,9-10H,3-5H2,1-2H3. The summed E-state index contributed by atoms with van der Waals surface area (Å²) < 4.78 is 5.78. The van der Waals surface area contributed by atoms with Crippen LogP contribution in [-0.2, 0) is 0 Å². The van der Waals surface area contributed by atoms with Crippen molar-refractivity contribution >= 4 is 11.6 Å². The Morgan fingerprint density at radius 2 is 2.00 bits per heavy atom. The van der Waals surface area contributed by atoms with Crippen LogP contribution in [0.15, 0.2) is 12.4 Å². The van der Waals surface area contributed by atoms with Crippen LogP contribution in [0.1, 0.15) is 19.3 Å². The second kappa shape index (κ2) is 4.97. The number of hydrogen-bond donors (Lipinski definition) is 0. The molecular formula is C11H16ClN3O. The van der Waals surface area contributed by atoms with E-state index in [1.54, 1.807) is 12.4 Å². The van der Waals surface area contributed by atoms with Gasteiger partial charge in [-0.1, -0.05) is 11.6 Å². The van der Waals surface area contributed by atoms with E-state index in [9.17, 15) is 0 Å². The molecule has 5 heteroatoms. The van der Waals surface area contributed by atoms with Crippen LogP contribution in [0.25, 0.3) is 0 Å². The second-order valence-electron chi connectivity index (χ2n) is 4.30. The van der Waals surface area contributed by atoms with E-state index in [4.69, 9.17) is 16.3 Å². The molecule has 1 aliphatic rings. The van der Waals surface area contributed by atoms with Crippen molar-refractivity contribution in [1.82, 2.24) is 14.9 Å². The molecule has 0 aromatic carbocycles. The van der Waals surface area contributed by atoms with E-state index >= 15 is 0 Å². The highest BCUT2D eigenvalue weighted by molar-refractivity contribution is 6.30. The molecule has 0 bridgehead atoms. The van der Waals surface area contributed by atoms with Gasteiger partial charge in [-0.3, -0.25) is 0 Å². The van der Waals surface area contributed by atoms with E-state index in [1.165, 1.54) is 12.8 Å². The maximum Gasteiger partial charge on any atom is 0.316 e. The zero-order valence-electron chi connectivity index (χ0n) is 9.56. The molecule has 4 nitrogen and oxygen atoms in total. The van der Waals surface area contributed by atoms with Crippen LogP contribution in [0.3, 0.4) is 0 Å².